The number of aryl methyl sites for hydroxylation is 1. The van der Waals surface area contributed by atoms with Gasteiger partial charge in [0.05, 0.1) is 17.2 Å². The van der Waals surface area contributed by atoms with E-state index < -0.39 is 17.7 Å². The van der Waals surface area contributed by atoms with E-state index >= 15 is 0 Å². The highest BCUT2D eigenvalue weighted by Crippen LogP contribution is 2.30. The smallest absolute Gasteiger partial charge is 0.338 e. The summed E-state index contributed by atoms with van der Waals surface area (Å²) in [5, 5.41) is 4.95. The molecule has 9 heteroatoms. The SMILES string of the molecule is Cc1csc(NC(=O)C2CC(=O)N(Cc3cccc(C(F)(F)F)c3)C2)n1. The first-order valence-corrected chi connectivity index (χ1v) is 8.77. The van der Waals surface area contributed by atoms with Gasteiger partial charge in [-0.2, -0.15) is 13.2 Å². The fourth-order valence-electron chi connectivity index (χ4n) is 2.79. The molecule has 0 aliphatic carbocycles. The average molecular weight is 383 g/mol. The zero-order chi connectivity index (χ0) is 18.9. The Morgan fingerprint density at radius 1 is 1.42 bits per heavy atom. The minimum Gasteiger partial charge on any atom is -0.338 e. The Morgan fingerprint density at radius 2 is 2.19 bits per heavy atom. The van der Waals surface area contributed by atoms with Crippen LogP contribution in [0.3, 0.4) is 0 Å². The quantitative estimate of drug-likeness (QED) is 0.880. The third kappa shape index (κ3) is 4.21. The molecule has 1 atom stereocenters. The number of nitrogens with one attached hydrogen (secondary N) is 1. The van der Waals surface area contributed by atoms with Crippen LogP contribution in [-0.2, 0) is 22.3 Å². The molecule has 138 valence electrons. The van der Waals surface area contributed by atoms with Crippen LogP contribution in [0.1, 0.15) is 23.2 Å². The van der Waals surface area contributed by atoms with Crippen LogP contribution in [0.25, 0.3) is 0 Å². The Bertz CT molecular complexity index is 835. The number of benzene rings is 1. The Labute approximate surface area is 151 Å². The molecule has 26 heavy (non-hydrogen) atoms. The summed E-state index contributed by atoms with van der Waals surface area (Å²) in [7, 11) is 0. The third-order valence-electron chi connectivity index (χ3n) is 4.06. The molecule has 1 aliphatic heterocycles. The summed E-state index contributed by atoms with van der Waals surface area (Å²) >= 11 is 1.30. The van der Waals surface area contributed by atoms with E-state index in [0.717, 1.165) is 17.8 Å². The maximum Gasteiger partial charge on any atom is 0.416 e. The Balaban J connectivity index is 1.64. The van der Waals surface area contributed by atoms with E-state index in [1.165, 1.54) is 28.4 Å². The molecule has 0 saturated carbocycles. The van der Waals surface area contributed by atoms with Gasteiger partial charge in [0.15, 0.2) is 5.13 Å². The summed E-state index contributed by atoms with van der Waals surface area (Å²) in [6.45, 7) is 2.02. The molecule has 2 amide bonds. The first-order valence-electron chi connectivity index (χ1n) is 7.89. The maximum absolute atomic E-state index is 12.8. The van der Waals surface area contributed by atoms with Gasteiger partial charge in [-0.25, -0.2) is 4.98 Å². The number of aromatic nitrogens is 1. The third-order valence-corrected chi connectivity index (χ3v) is 4.94. The number of carbonyl (C=O) groups excluding carboxylic acids is 2. The Hall–Kier alpha value is -2.42. The highest BCUT2D eigenvalue weighted by atomic mass is 32.1. The van der Waals surface area contributed by atoms with Crippen molar-refractivity contribution < 1.29 is 22.8 Å². The molecule has 1 saturated heterocycles. The van der Waals surface area contributed by atoms with E-state index in [0.29, 0.717) is 10.7 Å². The summed E-state index contributed by atoms with van der Waals surface area (Å²) < 4.78 is 38.4. The van der Waals surface area contributed by atoms with E-state index in [-0.39, 0.29) is 31.3 Å². The second-order valence-electron chi connectivity index (χ2n) is 6.16. The van der Waals surface area contributed by atoms with Crippen LogP contribution in [0.2, 0.25) is 0 Å². The minimum atomic E-state index is -4.43. The summed E-state index contributed by atoms with van der Waals surface area (Å²) in [6.07, 6.45) is -4.39. The van der Waals surface area contributed by atoms with Crippen molar-refractivity contribution in [3.8, 4) is 0 Å². The number of anilines is 1. The van der Waals surface area contributed by atoms with Crippen LogP contribution < -0.4 is 5.32 Å². The lowest BCUT2D eigenvalue weighted by Crippen LogP contribution is -2.28. The number of amides is 2. The van der Waals surface area contributed by atoms with Gasteiger partial charge in [-0.05, 0) is 24.6 Å². The van der Waals surface area contributed by atoms with Crippen LogP contribution in [0.15, 0.2) is 29.6 Å². The fourth-order valence-corrected chi connectivity index (χ4v) is 3.48. The molecule has 1 aromatic carbocycles. The number of likely N-dealkylation sites (tertiary alicyclic amines) is 1. The molecule has 0 spiro atoms. The number of hydrogen-bond acceptors (Lipinski definition) is 4. The van der Waals surface area contributed by atoms with Crippen molar-refractivity contribution in [3.05, 3.63) is 46.5 Å². The minimum absolute atomic E-state index is 0.0369. The highest BCUT2D eigenvalue weighted by Gasteiger charge is 2.35. The number of alkyl halides is 3. The number of rotatable bonds is 4. The van der Waals surface area contributed by atoms with Gasteiger partial charge in [-0.3, -0.25) is 9.59 Å². The summed E-state index contributed by atoms with van der Waals surface area (Å²) in [4.78, 5) is 30.0. The van der Waals surface area contributed by atoms with Gasteiger partial charge in [0, 0.05) is 24.9 Å². The van der Waals surface area contributed by atoms with Crippen LogP contribution >= 0.6 is 11.3 Å². The van der Waals surface area contributed by atoms with Gasteiger partial charge in [-0.15, -0.1) is 11.3 Å². The molecule has 3 rings (SSSR count). The van der Waals surface area contributed by atoms with Crippen molar-refractivity contribution in [1.82, 2.24) is 9.88 Å². The zero-order valence-corrected chi connectivity index (χ0v) is 14.7. The van der Waals surface area contributed by atoms with Crippen molar-refractivity contribution in [3.63, 3.8) is 0 Å². The van der Waals surface area contributed by atoms with E-state index in [1.807, 2.05) is 6.92 Å². The van der Waals surface area contributed by atoms with Crippen molar-refractivity contribution in [2.45, 2.75) is 26.1 Å². The van der Waals surface area contributed by atoms with E-state index in [1.54, 1.807) is 5.38 Å². The van der Waals surface area contributed by atoms with Crippen LogP contribution in [0, 0.1) is 12.8 Å². The lowest BCUT2D eigenvalue weighted by atomic mass is 10.1. The van der Waals surface area contributed by atoms with Gasteiger partial charge in [0.1, 0.15) is 0 Å². The van der Waals surface area contributed by atoms with Crippen molar-refractivity contribution in [1.29, 1.82) is 0 Å². The number of carbonyl (C=O) groups is 2. The first kappa shape index (κ1) is 18.4. The van der Waals surface area contributed by atoms with Crippen molar-refractivity contribution in [2.75, 3.05) is 11.9 Å². The molecular weight excluding hydrogens is 367 g/mol. The Kier molecular flexibility index (Phi) is 4.99. The summed E-state index contributed by atoms with van der Waals surface area (Å²) in [6, 6.07) is 4.86. The molecule has 1 N–H and O–H groups in total. The van der Waals surface area contributed by atoms with E-state index in [9.17, 15) is 22.8 Å². The molecule has 0 bridgehead atoms. The van der Waals surface area contributed by atoms with Crippen LogP contribution in [0.5, 0.6) is 0 Å². The lowest BCUT2D eigenvalue weighted by molar-refractivity contribution is -0.137. The van der Waals surface area contributed by atoms with Crippen molar-refractivity contribution >= 4 is 28.3 Å². The van der Waals surface area contributed by atoms with Gasteiger partial charge in [0.25, 0.3) is 0 Å². The van der Waals surface area contributed by atoms with Gasteiger partial charge < -0.3 is 10.2 Å². The van der Waals surface area contributed by atoms with Crippen molar-refractivity contribution in [2.24, 2.45) is 5.92 Å². The second-order valence-corrected chi connectivity index (χ2v) is 7.01. The largest absolute Gasteiger partial charge is 0.416 e. The predicted molar refractivity (Wildman–Crippen MR) is 90.4 cm³/mol. The number of nitrogens with zero attached hydrogens (tertiary/aromatic N) is 2. The molecule has 1 aromatic heterocycles. The molecule has 1 fully saturated rings. The molecule has 0 radical (unpaired) electrons. The monoisotopic (exact) mass is 383 g/mol. The zero-order valence-electron chi connectivity index (χ0n) is 13.8. The maximum atomic E-state index is 12.8. The topological polar surface area (TPSA) is 62.3 Å². The molecule has 2 heterocycles. The average Bonchev–Trinajstić information content (AvgIpc) is 3.13. The van der Waals surface area contributed by atoms with E-state index in [2.05, 4.69) is 10.3 Å². The normalized spacial score (nSPS) is 17.6. The standard InChI is InChI=1S/C17H16F3N3O2S/c1-10-9-26-16(21-10)22-15(25)12-6-14(24)23(8-12)7-11-3-2-4-13(5-11)17(18,19)20/h2-5,9,12H,6-8H2,1H3,(H,21,22,25). The molecule has 2 aromatic rings. The Morgan fingerprint density at radius 3 is 2.85 bits per heavy atom. The molecule has 5 nitrogen and oxygen atoms in total. The highest BCUT2D eigenvalue weighted by molar-refractivity contribution is 7.13. The molecule has 1 unspecified atom stereocenters. The molecular formula is C17H16F3N3O2S. The second kappa shape index (κ2) is 7.06. The lowest BCUT2D eigenvalue weighted by Gasteiger charge is -2.17. The number of thiazole rings is 1. The van der Waals surface area contributed by atoms with Crippen LogP contribution in [0.4, 0.5) is 18.3 Å². The number of halogens is 3. The van der Waals surface area contributed by atoms with E-state index in [4.69, 9.17) is 0 Å². The van der Waals surface area contributed by atoms with Gasteiger partial charge in [0.2, 0.25) is 11.8 Å². The van der Waals surface area contributed by atoms with Gasteiger partial charge in [-0.1, -0.05) is 12.1 Å². The summed E-state index contributed by atoms with van der Waals surface area (Å²) in [5.74, 6) is -1.10. The first-order chi connectivity index (χ1) is 12.2. The molecule has 1 aliphatic rings. The van der Waals surface area contributed by atoms with Crippen LogP contribution in [-0.4, -0.2) is 28.2 Å². The predicted octanol–water partition coefficient (Wildman–Crippen LogP) is 3.46. The summed E-state index contributed by atoms with van der Waals surface area (Å²) in [5.41, 5.74) is 0.416. The van der Waals surface area contributed by atoms with Gasteiger partial charge >= 0.3 is 6.18 Å². The number of hydrogen-bond donors (Lipinski definition) is 1. The fraction of sp³-hybridized carbons (Fsp3) is 0.353.